The zero-order valence-corrected chi connectivity index (χ0v) is 29.1. The minimum Gasteiger partial charge on any atom is -0.432 e. The fraction of sp³-hybridized carbons (Fsp3) is 0.444. The molecule has 0 aliphatic carbocycles. The maximum atomic E-state index is 14.9. The summed E-state index contributed by atoms with van der Waals surface area (Å²) in [6, 6.07) is 6.99. The molecule has 4 N–H and O–H groups in total. The summed E-state index contributed by atoms with van der Waals surface area (Å²) < 4.78 is 60.1. The van der Waals surface area contributed by atoms with Crippen molar-refractivity contribution in [2.75, 3.05) is 45.1 Å². The smallest absolute Gasteiger partial charge is 0.387 e. The first-order valence-electron chi connectivity index (χ1n) is 17.1. The molecule has 1 saturated heterocycles. The Morgan fingerprint density at radius 3 is 2.59 bits per heavy atom. The van der Waals surface area contributed by atoms with E-state index in [4.69, 9.17) is 0 Å². The second-order valence-corrected chi connectivity index (χ2v) is 12.9. The van der Waals surface area contributed by atoms with Crippen LogP contribution in [0.15, 0.2) is 48.9 Å². The Hall–Kier alpha value is -4.76. The minimum atomic E-state index is -3.31. The van der Waals surface area contributed by atoms with Crippen molar-refractivity contribution in [3.8, 4) is 17.0 Å². The molecule has 2 atom stereocenters. The maximum absolute atomic E-state index is 14.9. The van der Waals surface area contributed by atoms with Crippen LogP contribution < -0.4 is 26.0 Å². The second-order valence-electron chi connectivity index (χ2n) is 12.9. The van der Waals surface area contributed by atoms with Crippen LogP contribution >= 0.6 is 0 Å². The third-order valence-corrected chi connectivity index (χ3v) is 9.08. The van der Waals surface area contributed by atoms with Crippen molar-refractivity contribution in [3.63, 3.8) is 0 Å². The molecule has 0 radical (unpaired) electrons. The lowest BCUT2D eigenvalue weighted by Crippen LogP contribution is -2.48. The SMILES string of the molecule is CCc1cc(Nc2nccn3c(-c4ccc(OC(F)F)c(F)c4F)cnc23)ccc1C(=O)N[C@@H](C)CNC(=O)C(CC)CCN(C)CC1CNC1. The Morgan fingerprint density at radius 1 is 1.12 bits per heavy atom. The lowest BCUT2D eigenvalue weighted by molar-refractivity contribution is -0.125. The molecule has 2 amide bonds. The van der Waals surface area contributed by atoms with Gasteiger partial charge in [-0.2, -0.15) is 13.2 Å². The van der Waals surface area contributed by atoms with Gasteiger partial charge in [-0.05, 0) is 81.6 Å². The van der Waals surface area contributed by atoms with Crippen LogP contribution in [0.4, 0.5) is 29.1 Å². The van der Waals surface area contributed by atoms with Crippen molar-refractivity contribution < 1.29 is 31.9 Å². The fourth-order valence-electron chi connectivity index (χ4n) is 6.10. The number of anilines is 2. The topological polar surface area (TPSA) is 125 Å². The molecule has 5 rings (SSSR count). The highest BCUT2D eigenvalue weighted by Gasteiger charge is 2.23. The van der Waals surface area contributed by atoms with Gasteiger partial charge in [0, 0.05) is 67.3 Å². The molecule has 0 saturated carbocycles. The molecule has 3 heterocycles. The van der Waals surface area contributed by atoms with Crippen LogP contribution in [0.1, 0.15) is 49.5 Å². The number of amides is 2. The second kappa shape index (κ2) is 17.0. The Balaban J connectivity index is 1.20. The first-order chi connectivity index (χ1) is 24.5. The van der Waals surface area contributed by atoms with E-state index in [9.17, 15) is 27.2 Å². The van der Waals surface area contributed by atoms with Crippen LogP contribution in [-0.4, -0.2) is 83.5 Å². The zero-order valence-electron chi connectivity index (χ0n) is 29.1. The summed E-state index contributed by atoms with van der Waals surface area (Å²) in [5.74, 6) is -3.19. The number of nitrogens with one attached hydrogen (secondary N) is 4. The Morgan fingerprint density at radius 2 is 1.90 bits per heavy atom. The number of benzene rings is 2. The van der Waals surface area contributed by atoms with E-state index in [1.165, 1.54) is 23.0 Å². The predicted molar refractivity (Wildman–Crippen MR) is 186 cm³/mol. The normalized spacial score (nSPS) is 14.4. The van der Waals surface area contributed by atoms with E-state index < -0.39 is 24.0 Å². The molecule has 2 aromatic carbocycles. The molecule has 1 unspecified atom stereocenters. The van der Waals surface area contributed by atoms with E-state index >= 15 is 0 Å². The van der Waals surface area contributed by atoms with Gasteiger partial charge in [-0.1, -0.05) is 13.8 Å². The van der Waals surface area contributed by atoms with Gasteiger partial charge >= 0.3 is 6.61 Å². The van der Waals surface area contributed by atoms with Gasteiger partial charge < -0.3 is 30.9 Å². The van der Waals surface area contributed by atoms with E-state index in [2.05, 4.69) is 47.9 Å². The van der Waals surface area contributed by atoms with Crippen molar-refractivity contribution in [1.82, 2.24) is 35.2 Å². The van der Waals surface area contributed by atoms with E-state index in [0.29, 0.717) is 41.6 Å². The standard InChI is InChI=1S/C36H44F4N8O3/c1-5-23(11-13-47(4)20-22-17-41-18-22)34(49)44-16-21(3)45-35(50)26-8-7-25(15-24(26)6-2)46-32-33-43-19-28(48(33)14-12-42-32)27-9-10-29(51-36(39)40)31(38)30(27)37/h7-10,12,14-15,19,21-23,36,41H,5-6,11,13,16-18,20H2,1-4H3,(H,42,46)(H,44,49)(H,45,50)/t21-,23?/m0/s1. The molecule has 4 aromatic rings. The number of ether oxygens (including phenoxy) is 1. The van der Waals surface area contributed by atoms with Gasteiger partial charge in [0.05, 0.1) is 11.9 Å². The van der Waals surface area contributed by atoms with Crippen molar-refractivity contribution in [2.45, 2.75) is 52.7 Å². The summed E-state index contributed by atoms with van der Waals surface area (Å²) in [4.78, 5) is 37.2. The summed E-state index contributed by atoms with van der Waals surface area (Å²) in [6.07, 6.45) is 6.34. The van der Waals surface area contributed by atoms with Crippen LogP contribution in [0, 0.1) is 23.5 Å². The number of hydrogen-bond acceptors (Lipinski definition) is 8. The highest BCUT2D eigenvalue weighted by Crippen LogP contribution is 2.32. The number of alkyl halides is 2. The van der Waals surface area contributed by atoms with Crippen LogP contribution in [-0.2, 0) is 11.2 Å². The summed E-state index contributed by atoms with van der Waals surface area (Å²) in [7, 11) is 2.09. The first kappa shape index (κ1) is 37.5. The maximum Gasteiger partial charge on any atom is 0.387 e. The molecule has 0 bridgehead atoms. The number of fused-ring (bicyclic) bond motifs is 1. The summed E-state index contributed by atoms with van der Waals surface area (Å²) in [6.45, 7) is 6.76. The van der Waals surface area contributed by atoms with Gasteiger partial charge in [0.1, 0.15) is 0 Å². The third-order valence-electron chi connectivity index (χ3n) is 9.08. The zero-order chi connectivity index (χ0) is 36.7. The molecule has 0 spiro atoms. The summed E-state index contributed by atoms with van der Waals surface area (Å²) in [5.41, 5.74) is 2.11. The molecule has 1 aliphatic rings. The van der Waals surface area contributed by atoms with Gasteiger partial charge in [0.15, 0.2) is 23.0 Å². The first-order valence-corrected chi connectivity index (χ1v) is 17.1. The molecule has 1 fully saturated rings. The Labute approximate surface area is 294 Å². The van der Waals surface area contributed by atoms with Crippen LogP contribution in [0.5, 0.6) is 5.75 Å². The molecule has 51 heavy (non-hydrogen) atoms. The highest BCUT2D eigenvalue weighted by molar-refractivity contribution is 5.96. The van der Waals surface area contributed by atoms with Gasteiger partial charge in [0.2, 0.25) is 11.7 Å². The number of imidazole rings is 1. The molecular weight excluding hydrogens is 668 g/mol. The van der Waals surface area contributed by atoms with Gasteiger partial charge in [-0.15, -0.1) is 0 Å². The van der Waals surface area contributed by atoms with E-state index in [-0.39, 0.29) is 35.0 Å². The third kappa shape index (κ3) is 9.13. The average molecular weight is 713 g/mol. The number of aromatic nitrogens is 3. The minimum absolute atomic E-state index is 0.00937. The number of aryl methyl sites for hydroxylation is 1. The summed E-state index contributed by atoms with van der Waals surface area (Å²) in [5, 5.41) is 12.5. The van der Waals surface area contributed by atoms with Crippen molar-refractivity contribution in [3.05, 3.63) is 71.7 Å². The number of rotatable bonds is 17. The Bertz CT molecular complexity index is 1830. The van der Waals surface area contributed by atoms with E-state index in [1.807, 2.05) is 26.8 Å². The largest absolute Gasteiger partial charge is 0.432 e. The number of carbonyl (C=O) groups is 2. The molecule has 2 aromatic heterocycles. The van der Waals surface area contributed by atoms with Crippen LogP contribution in [0.25, 0.3) is 16.9 Å². The molecule has 274 valence electrons. The average Bonchev–Trinajstić information content (AvgIpc) is 3.52. The Kier molecular flexibility index (Phi) is 12.5. The monoisotopic (exact) mass is 712 g/mol. The highest BCUT2D eigenvalue weighted by atomic mass is 19.3. The van der Waals surface area contributed by atoms with Crippen molar-refractivity contribution in [2.24, 2.45) is 11.8 Å². The van der Waals surface area contributed by atoms with Gasteiger partial charge in [0.25, 0.3) is 5.91 Å². The lowest BCUT2D eigenvalue weighted by Gasteiger charge is -2.31. The summed E-state index contributed by atoms with van der Waals surface area (Å²) >= 11 is 0. The molecule has 1 aliphatic heterocycles. The molecule has 11 nitrogen and oxygen atoms in total. The van der Waals surface area contributed by atoms with Crippen molar-refractivity contribution >= 4 is 29.0 Å². The predicted octanol–water partition coefficient (Wildman–Crippen LogP) is 5.38. The fourth-order valence-corrected chi connectivity index (χ4v) is 6.10. The van der Waals surface area contributed by atoms with Crippen molar-refractivity contribution in [1.29, 1.82) is 0 Å². The van der Waals surface area contributed by atoms with Crippen LogP contribution in [0.3, 0.4) is 0 Å². The number of halogens is 4. The number of hydrogen-bond donors (Lipinski definition) is 4. The van der Waals surface area contributed by atoms with E-state index in [1.54, 1.807) is 12.1 Å². The molecular formula is C36H44F4N8O3. The quantitative estimate of drug-likeness (QED) is 0.108. The van der Waals surface area contributed by atoms with Crippen LogP contribution in [0.2, 0.25) is 0 Å². The number of nitrogens with zero attached hydrogens (tertiary/aromatic N) is 4. The van der Waals surface area contributed by atoms with Gasteiger partial charge in [-0.3, -0.25) is 14.0 Å². The molecule has 15 heteroatoms. The van der Waals surface area contributed by atoms with E-state index in [0.717, 1.165) is 56.7 Å². The number of carbonyl (C=O) groups excluding carboxylic acids is 2. The van der Waals surface area contributed by atoms with Gasteiger partial charge in [-0.25, -0.2) is 14.4 Å². The lowest BCUT2D eigenvalue weighted by atomic mass is 9.99.